The molecule has 0 spiro atoms. The minimum absolute atomic E-state index is 0.0204. The van der Waals surface area contributed by atoms with Crippen molar-refractivity contribution in [1.82, 2.24) is 0 Å². The predicted molar refractivity (Wildman–Crippen MR) is 56.2 cm³/mol. The van der Waals surface area contributed by atoms with Gasteiger partial charge in [-0.1, -0.05) is 13.8 Å². The number of phenolic OH excluding ortho intramolecular Hbond substituents is 1. The lowest BCUT2D eigenvalue weighted by Gasteiger charge is -2.09. The maximum Gasteiger partial charge on any atom is 0.131 e. The van der Waals surface area contributed by atoms with Gasteiger partial charge in [0, 0.05) is 5.25 Å². The smallest absolute Gasteiger partial charge is 0.131 e. The molecule has 3 nitrogen and oxygen atoms in total. The van der Waals surface area contributed by atoms with Crippen molar-refractivity contribution < 1.29 is 14.1 Å². The second-order valence-corrected chi connectivity index (χ2v) is 5.16. The van der Waals surface area contributed by atoms with E-state index in [1.54, 1.807) is 12.1 Å². The van der Waals surface area contributed by atoms with Crippen molar-refractivity contribution in [3.8, 4) is 11.5 Å². The lowest BCUT2D eigenvalue weighted by Crippen LogP contribution is -2.06. The lowest BCUT2D eigenvalue weighted by molar-refractivity contribution is 0.408. The van der Waals surface area contributed by atoms with Crippen LogP contribution in [0, 0.1) is 0 Å². The quantitative estimate of drug-likeness (QED) is 0.836. The number of aromatic hydroxyl groups is 1. The summed E-state index contributed by atoms with van der Waals surface area (Å²) in [5, 5.41) is 9.48. The molecular weight excluding hydrogens is 200 g/mol. The van der Waals surface area contributed by atoms with Gasteiger partial charge in [0.05, 0.1) is 22.8 Å². The van der Waals surface area contributed by atoms with Crippen LogP contribution in [-0.2, 0) is 10.8 Å². The minimum atomic E-state index is -1.19. The van der Waals surface area contributed by atoms with Crippen molar-refractivity contribution in [2.24, 2.45) is 0 Å². The molecule has 0 saturated heterocycles. The van der Waals surface area contributed by atoms with Gasteiger partial charge in [0.15, 0.2) is 0 Å². The number of methoxy groups -OCH3 is 1. The number of hydrogen-bond donors (Lipinski definition) is 1. The highest BCUT2D eigenvalue weighted by molar-refractivity contribution is 7.85. The van der Waals surface area contributed by atoms with Gasteiger partial charge in [0.25, 0.3) is 0 Å². The first-order valence-corrected chi connectivity index (χ1v) is 5.55. The van der Waals surface area contributed by atoms with Gasteiger partial charge in [-0.25, -0.2) is 0 Å². The van der Waals surface area contributed by atoms with Crippen LogP contribution in [0.25, 0.3) is 0 Å². The summed E-state index contributed by atoms with van der Waals surface area (Å²) in [5.41, 5.74) is 0. The number of rotatable bonds is 3. The highest BCUT2D eigenvalue weighted by Gasteiger charge is 2.13. The van der Waals surface area contributed by atoms with Crippen molar-refractivity contribution in [1.29, 1.82) is 0 Å². The molecule has 1 aromatic carbocycles. The van der Waals surface area contributed by atoms with E-state index >= 15 is 0 Å². The Hall–Kier alpha value is -1.03. The number of ether oxygens (including phenoxy) is 1. The fourth-order valence-corrected chi connectivity index (χ4v) is 2.05. The molecule has 1 atom stereocenters. The molecule has 0 aliphatic heterocycles. The van der Waals surface area contributed by atoms with Gasteiger partial charge in [0.2, 0.25) is 0 Å². The van der Waals surface area contributed by atoms with Gasteiger partial charge in [-0.15, -0.1) is 0 Å². The van der Waals surface area contributed by atoms with Crippen LogP contribution in [0.5, 0.6) is 11.5 Å². The highest BCUT2D eigenvalue weighted by Crippen LogP contribution is 2.27. The number of benzene rings is 1. The summed E-state index contributed by atoms with van der Waals surface area (Å²) in [5.74, 6) is 0.657. The van der Waals surface area contributed by atoms with Crippen LogP contribution < -0.4 is 4.74 Å². The third kappa shape index (κ3) is 2.26. The first kappa shape index (κ1) is 11.0. The van der Waals surface area contributed by atoms with Crippen LogP contribution in [0.1, 0.15) is 13.8 Å². The van der Waals surface area contributed by atoms with E-state index in [1.807, 2.05) is 13.8 Å². The first-order valence-electron chi connectivity index (χ1n) is 4.34. The van der Waals surface area contributed by atoms with Crippen molar-refractivity contribution >= 4 is 10.8 Å². The number of hydrogen-bond acceptors (Lipinski definition) is 3. The monoisotopic (exact) mass is 214 g/mol. The summed E-state index contributed by atoms with van der Waals surface area (Å²) in [6.45, 7) is 3.68. The molecular formula is C10H14O3S. The number of phenols is 1. The van der Waals surface area contributed by atoms with Crippen LogP contribution in [0.3, 0.4) is 0 Å². The Morgan fingerprint density at radius 2 is 2.07 bits per heavy atom. The topological polar surface area (TPSA) is 46.5 Å². The third-order valence-electron chi connectivity index (χ3n) is 1.81. The maximum atomic E-state index is 11.7. The van der Waals surface area contributed by atoms with Gasteiger partial charge in [-0.2, -0.15) is 0 Å². The van der Waals surface area contributed by atoms with E-state index in [-0.39, 0.29) is 11.0 Å². The SMILES string of the molecule is COc1ccc(O)c([S@](=O)C(C)C)c1. The molecule has 1 aromatic rings. The van der Waals surface area contributed by atoms with Crippen molar-refractivity contribution in [3.05, 3.63) is 18.2 Å². The van der Waals surface area contributed by atoms with Crippen molar-refractivity contribution in [3.63, 3.8) is 0 Å². The Balaban J connectivity index is 3.12. The van der Waals surface area contributed by atoms with Gasteiger partial charge in [-0.05, 0) is 18.2 Å². The molecule has 0 saturated carbocycles. The molecule has 0 amide bonds. The molecule has 0 bridgehead atoms. The Morgan fingerprint density at radius 1 is 1.43 bits per heavy atom. The molecule has 4 heteroatoms. The second-order valence-electron chi connectivity index (χ2n) is 3.18. The first-order chi connectivity index (χ1) is 6.56. The predicted octanol–water partition coefficient (Wildman–Crippen LogP) is 1.92. The van der Waals surface area contributed by atoms with E-state index in [0.717, 1.165) is 0 Å². The van der Waals surface area contributed by atoms with Crippen molar-refractivity contribution in [2.75, 3.05) is 7.11 Å². The molecule has 0 radical (unpaired) electrons. The molecule has 0 aromatic heterocycles. The molecule has 78 valence electrons. The summed E-state index contributed by atoms with van der Waals surface area (Å²) in [6.07, 6.45) is 0. The van der Waals surface area contributed by atoms with Crippen LogP contribution in [0.15, 0.2) is 23.1 Å². The molecule has 14 heavy (non-hydrogen) atoms. The fraction of sp³-hybridized carbons (Fsp3) is 0.400. The Labute approximate surface area is 86.2 Å². The molecule has 1 rings (SSSR count). The van der Waals surface area contributed by atoms with Crippen LogP contribution >= 0.6 is 0 Å². The van der Waals surface area contributed by atoms with Crippen LogP contribution in [0.4, 0.5) is 0 Å². The van der Waals surface area contributed by atoms with E-state index in [4.69, 9.17) is 4.74 Å². The zero-order valence-corrected chi connectivity index (χ0v) is 9.30. The van der Waals surface area contributed by atoms with E-state index in [0.29, 0.717) is 10.6 Å². The Bertz CT molecular complexity index is 347. The summed E-state index contributed by atoms with van der Waals surface area (Å²) in [4.78, 5) is 0.430. The standard InChI is InChI=1S/C10H14O3S/c1-7(2)14(12)10-6-8(13-3)4-5-9(10)11/h4-7,11H,1-3H3/t14-/m1/s1. The molecule has 0 aliphatic carbocycles. The van der Waals surface area contributed by atoms with Gasteiger partial charge >= 0.3 is 0 Å². The van der Waals surface area contributed by atoms with Gasteiger partial charge in [-0.3, -0.25) is 4.21 Å². The zero-order valence-electron chi connectivity index (χ0n) is 8.48. The van der Waals surface area contributed by atoms with E-state index in [2.05, 4.69) is 0 Å². The second kappa shape index (κ2) is 4.46. The summed E-state index contributed by atoms with van der Waals surface area (Å²) >= 11 is 0. The fourth-order valence-electron chi connectivity index (χ4n) is 1.04. The average Bonchev–Trinajstić information content (AvgIpc) is 2.17. The molecule has 0 fully saturated rings. The Kier molecular flexibility index (Phi) is 3.52. The highest BCUT2D eigenvalue weighted by atomic mass is 32.2. The largest absolute Gasteiger partial charge is 0.507 e. The summed E-state index contributed by atoms with van der Waals surface area (Å²) in [7, 11) is 0.348. The molecule has 1 N–H and O–H groups in total. The molecule has 0 aliphatic rings. The van der Waals surface area contributed by atoms with Gasteiger partial charge in [0.1, 0.15) is 11.5 Å². The normalized spacial score (nSPS) is 12.9. The molecule has 0 unspecified atom stereocenters. The van der Waals surface area contributed by atoms with E-state index in [9.17, 15) is 9.32 Å². The van der Waals surface area contributed by atoms with E-state index < -0.39 is 10.8 Å². The molecule has 0 heterocycles. The van der Waals surface area contributed by atoms with Gasteiger partial charge < -0.3 is 9.84 Å². The van der Waals surface area contributed by atoms with E-state index in [1.165, 1.54) is 13.2 Å². The van der Waals surface area contributed by atoms with Crippen LogP contribution in [0.2, 0.25) is 0 Å². The maximum absolute atomic E-state index is 11.7. The van der Waals surface area contributed by atoms with Crippen molar-refractivity contribution in [2.45, 2.75) is 24.0 Å². The zero-order chi connectivity index (χ0) is 10.7. The lowest BCUT2D eigenvalue weighted by atomic mass is 10.3. The average molecular weight is 214 g/mol. The van der Waals surface area contributed by atoms with Crippen LogP contribution in [-0.4, -0.2) is 21.7 Å². The summed E-state index contributed by atoms with van der Waals surface area (Å²) in [6, 6.07) is 4.73. The summed E-state index contributed by atoms with van der Waals surface area (Å²) < 4.78 is 16.7. The minimum Gasteiger partial charge on any atom is -0.507 e. The third-order valence-corrected chi connectivity index (χ3v) is 3.43. The Morgan fingerprint density at radius 3 is 2.57 bits per heavy atom.